The fraction of sp³-hybridized carbons (Fsp3) is 0.176. The van der Waals surface area contributed by atoms with E-state index in [2.05, 4.69) is 5.32 Å². The van der Waals surface area contributed by atoms with Gasteiger partial charge in [0, 0.05) is 18.4 Å². The summed E-state index contributed by atoms with van der Waals surface area (Å²) in [6.07, 6.45) is 0. The van der Waals surface area contributed by atoms with Gasteiger partial charge in [0.1, 0.15) is 5.82 Å². The molecule has 6 heteroatoms. The summed E-state index contributed by atoms with van der Waals surface area (Å²) in [6.45, 7) is 1.90. The molecule has 0 atom stereocenters. The van der Waals surface area contributed by atoms with Crippen LogP contribution < -0.4 is 5.32 Å². The molecule has 0 aliphatic carbocycles. The van der Waals surface area contributed by atoms with Crippen molar-refractivity contribution in [2.24, 2.45) is 0 Å². The van der Waals surface area contributed by atoms with Crippen LogP contribution >= 0.6 is 0 Å². The van der Waals surface area contributed by atoms with E-state index in [1.165, 1.54) is 31.4 Å². The lowest BCUT2D eigenvalue weighted by atomic mass is 10.1. The fourth-order valence-corrected chi connectivity index (χ4v) is 2.17. The largest absolute Gasteiger partial charge is 0.478 e. The van der Waals surface area contributed by atoms with E-state index in [1.807, 2.05) is 0 Å². The fourth-order valence-electron chi connectivity index (χ4n) is 2.17. The van der Waals surface area contributed by atoms with Crippen LogP contribution in [0.2, 0.25) is 0 Å². The second kappa shape index (κ2) is 7.02. The number of ether oxygens (including phenoxy) is 1. The van der Waals surface area contributed by atoms with Crippen LogP contribution in [0, 0.1) is 12.7 Å². The van der Waals surface area contributed by atoms with Crippen molar-refractivity contribution in [3.8, 4) is 0 Å². The number of hydrogen-bond acceptors (Lipinski definition) is 3. The topological polar surface area (TPSA) is 75.6 Å². The Morgan fingerprint density at radius 2 is 1.96 bits per heavy atom. The Morgan fingerprint density at radius 3 is 2.61 bits per heavy atom. The lowest BCUT2D eigenvalue weighted by Crippen LogP contribution is -2.14. The Hall–Kier alpha value is -2.73. The van der Waals surface area contributed by atoms with Crippen molar-refractivity contribution in [2.45, 2.75) is 13.5 Å². The number of halogens is 1. The number of carbonyl (C=O) groups is 2. The first-order chi connectivity index (χ1) is 10.9. The number of aromatic carboxylic acids is 1. The quantitative estimate of drug-likeness (QED) is 0.888. The molecule has 0 aromatic heterocycles. The highest BCUT2D eigenvalue weighted by molar-refractivity contribution is 6.05. The summed E-state index contributed by atoms with van der Waals surface area (Å²) in [5.41, 5.74) is 1.77. The van der Waals surface area contributed by atoms with Crippen molar-refractivity contribution in [2.75, 3.05) is 12.4 Å². The Labute approximate surface area is 132 Å². The number of carbonyl (C=O) groups excluding carboxylic acids is 1. The first-order valence-corrected chi connectivity index (χ1v) is 6.84. The van der Waals surface area contributed by atoms with Gasteiger partial charge >= 0.3 is 5.97 Å². The number of anilines is 1. The van der Waals surface area contributed by atoms with Crippen molar-refractivity contribution in [1.82, 2.24) is 0 Å². The third-order valence-corrected chi connectivity index (χ3v) is 3.25. The molecule has 1 amide bonds. The Kier molecular flexibility index (Phi) is 5.08. The number of benzene rings is 2. The van der Waals surface area contributed by atoms with Gasteiger partial charge in [0.15, 0.2) is 0 Å². The zero-order valence-corrected chi connectivity index (χ0v) is 12.7. The van der Waals surface area contributed by atoms with E-state index in [0.29, 0.717) is 16.8 Å². The molecule has 0 bridgehead atoms. The van der Waals surface area contributed by atoms with Crippen LogP contribution in [-0.4, -0.2) is 24.1 Å². The number of amides is 1. The van der Waals surface area contributed by atoms with Crippen molar-refractivity contribution < 1.29 is 23.8 Å². The van der Waals surface area contributed by atoms with Crippen LogP contribution in [0.3, 0.4) is 0 Å². The van der Waals surface area contributed by atoms with Crippen LogP contribution in [-0.2, 0) is 11.3 Å². The second-order valence-corrected chi connectivity index (χ2v) is 5.07. The number of rotatable bonds is 5. The zero-order valence-electron chi connectivity index (χ0n) is 12.7. The minimum Gasteiger partial charge on any atom is -0.478 e. The Balaban J connectivity index is 2.33. The standard InChI is InChI=1S/C17H16FNO4/c1-10-3-4-13(18)8-15(10)16(20)19-14-6-11(9-23-2)5-12(7-14)17(21)22/h3-8H,9H2,1-2H3,(H,19,20)(H,21,22). The molecule has 0 unspecified atom stereocenters. The highest BCUT2D eigenvalue weighted by Gasteiger charge is 2.13. The predicted molar refractivity (Wildman–Crippen MR) is 83.2 cm³/mol. The number of nitrogens with one attached hydrogen (secondary N) is 1. The molecule has 2 aromatic rings. The monoisotopic (exact) mass is 317 g/mol. The van der Waals surface area contributed by atoms with Gasteiger partial charge in [-0.3, -0.25) is 4.79 Å². The molecule has 0 spiro atoms. The lowest BCUT2D eigenvalue weighted by molar-refractivity contribution is 0.0696. The molecule has 0 fully saturated rings. The molecule has 2 N–H and O–H groups in total. The molecule has 0 aliphatic rings. The van der Waals surface area contributed by atoms with E-state index in [-0.39, 0.29) is 17.7 Å². The first kappa shape index (κ1) is 16.6. The molecule has 23 heavy (non-hydrogen) atoms. The minimum absolute atomic E-state index is 0.0332. The van der Waals surface area contributed by atoms with Gasteiger partial charge < -0.3 is 15.2 Å². The summed E-state index contributed by atoms with van der Waals surface area (Å²) in [6, 6.07) is 8.34. The molecule has 0 saturated heterocycles. The van der Waals surface area contributed by atoms with E-state index in [9.17, 15) is 14.0 Å². The second-order valence-electron chi connectivity index (χ2n) is 5.07. The molecule has 0 saturated carbocycles. The highest BCUT2D eigenvalue weighted by atomic mass is 19.1. The molecular weight excluding hydrogens is 301 g/mol. The minimum atomic E-state index is -1.11. The van der Waals surface area contributed by atoms with Crippen molar-refractivity contribution in [1.29, 1.82) is 0 Å². The first-order valence-electron chi connectivity index (χ1n) is 6.84. The smallest absolute Gasteiger partial charge is 0.335 e. The lowest BCUT2D eigenvalue weighted by Gasteiger charge is -2.10. The maximum atomic E-state index is 13.3. The van der Waals surface area contributed by atoms with Gasteiger partial charge in [-0.1, -0.05) is 6.07 Å². The van der Waals surface area contributed by atoms with Gasteiger partial charge in [0.25, 0.3) is 5.91 Å². The SMILES string of the molecule is COCc1cc(NC(=O)c2cc(F)ccc2C)cc(C(=O)O)c1. The predicted octanol–water partition coefficient (Wildman–Crippen LogP) is 3.23. The maximum absolute atomic E-state index is 13.3. The van der Waals surface area contributed by atoms with E-state index in [0.717, 1.165) is 6.07 Å². The molecule has 120 valence electrons. The molecule has 2 rings (SSSR count). The Morgan fingerprint density at radius 1 is 1.22 bits per heavy atom. The van der Waals surface area contributed by atoms with Crippen molar-refractivity contribution >= 4 is 17.6 Å². The van der Waals surface area contributed by atoms with Gasteiger partial charge in [-0.25, -0.2) is 9.18 Å². The van der Waals surface area contributed by atoms with Crippen LogP contribution in [0.15, 0.2) is 36.4 Å². The van der Waals surface area contributed by atoms with Gasteiger partial charge in [-0.2, -0.15) is 0 Å². The van der Waals surface area contributed by atoms with Gasteiger partial charge in [0.05, 0.1) is 12.2 Å². The summed E-state index contributed by atoms with van der Waals surface area (Å²) >= 11 is 0. The summed E-state index contributed by atoms with van der Waals surface area (Å²) in [4.78, 5) is 23.4. The number of carboxylic acid groups (broad SMARTS) is 1. The van der Waals surface area contributed by atoms with E-state index < -0.39 is 17.7 Å². The number of aryl methyl sites for hydroxylation is 1. The van der Waals surface area contributed by atoms with Crippen LogP contribution in [0.25, 0.3) is 0 Å². The van der Waals surface area contributed by atoms with Gasteiger partial charge in [-0.05, 0) is 48.4 Å². The third kappa shape index (κ3) is 4.14. The average Bonchev–Trinajstić information content (AvgIpc) is 2.49. The summed E-state index contributed by atoms with van der Waals surface area (Å²) < 4.78 is 18.3. The number of hydrogen-bond donors (Lipinski definition) is 2. The summed E-state index contributed by atoms with van der Waals surface area (Å²) in [5, 5.41) is 11.7. The normalized spacial score (nSPS) is 10.4. The zero-order chi connectivity index (χ0) is 17.0. The maximum Gasteiger partial charge on any atom is 0.335 e. The Bertz CT molecular complexity index is 758. The molecule has 2 aromatic carbocycles. The van der Waals surface area contributed by atoms with Gasteiger partial charge in [-0.15, -0.1) is 0 Å². The van der Waals surface area contributed by atoms with E-state index >= 15 is 0 Å². The molecule has 0 aliphatic heterocycles. The van der Waals surface area contributed by atoms with Crippen LogP contribution in [0.4, 0.5) is 10.1 Å². The summed E-state index contributed by atoms with van der Waals surface area (Å²) in [7, 11) is 1.49. The van der Waals surface area contributed by atoms with Crippen molar-refractivity contribution in [3.05, 3.63) is 64.5 Å². The molecule has 0 heterocycles. The molecule has 5 nitrogen and oxygen atoms in total. The van der Waals surface area contributed by atoms with E-state index in [1.54, 1.807) is 13.0 Å². The van der Waals surface area contributed by atoms with Gasteiger partial charge in [0.2, 0.25) is 0 Å². The number of methoxy groups -OCH3 is 1. The third-order valence-electron chi connectivity index (χ3n) is 3.25. The number of carboxylic acids is 1. The highest BCUT2D eigenvalue weighted by Crippen LogP contribution is 2.18. The van der Waals surface area contributed by atoms with E-state index in [4.69, 9.17) is 9.84 Å². The van der Waals surface area contributed by atoms with Crippen molar-refractivity contribution in [3.63, 3.8) is 0 Å². The molecular formula is C17H16FNO4. The molecule has 0 radical (unpaired) electrons. The van der Waals surface area contributed by atoms with Crippen LogP contribution in [0.5, 0.6) is 0 Å². The average molecular weight is 317 g/mol. The van der Waals surface area contributed by atoms with Crippen LogP contribution in [0.1, 0.15) is 31.8 Å². The summed E-state index contributed by atoms with van der Waals surface area (Å²) in [5.74, 6) is -2.13.